The SMILES string of the molecule is COc1ccc(C2c3c(n[nH]c3C)Oc3nc(C)[nH]c(=O)c32)c(OC)c1. The second-order valence-electron chi connectivity index (χ2n) is 6.08. The van der Waals surface area contributed by atoms with E-state index in [1.54, 1.807) is 27.2 Å². The fourth-order valence-electron chi connectivity index (χ4n) is 3.34. The van der Waals surface area contributed by atoms with E-state index in [0.717, 1.165) is 16.8 Å². The highest BCUT2D eigenvalue weighted by Gasteiger charge is 2.37. The van der Waals surface area contributed by atoms with Gasteiger partial charge in [0.25, 0.3) is 5.56 Å². The summed E-state index contributed by atoms with van der Waals surface area (Å²) < 4.78 is 16.6. The molecule has 8 nitrogen and oxygen atoms in total. The van der Waals surface area contributed by atoms with E-state index in [4.69, 9.17) is 14.2 Å². The van der Waals surface area contributed by atoms with E-state index in [1.165, 1.54) is 0 Å². The number of H-pyrrole nitrogens is 2. The molecular weight excluding hydrogens is 336 g/mol. The van der Waals surface area contributed by atoms with Gasteiger partial charge in [-0.25, -0.2) is 0 Å². The van der Waals surface area contributed by atoms with Crippen LogP contribution in [-0.4, -0.2) is 34.4 Å². The summed E-state index contributed by atoms with van der Waals surface area (Å²) in [5, 5.41) is 7.14. The zero-order valence-corrected chi connectivity index (χ0v) is 14.8. The van der Waals surface area contributed by atoms with Crippen LogP contribution in [-0.2, 0) is 0 Å². The molecule has 3 heterocycles. The van der Waals surface area contributed by atoms with Crippen molar-refractivity contribution >= 4 is 0 Å². The summed E-state index contributed by atoms with van der Waals surface area (Å²) in [6, 6.07) is 5.50. The predicted molar refractivity (Wildman–Crippen MR) is 93.5 cm³/mol. The first-order chi connectivity index (χ1) is 12.5. The number of methoxy groups -OCH3 is 2. The van der Waals surface area contributed by atoms with Crippen LogP contribution in [0.2, 0.25) is 0 Å². The maximum Gasteiger partial charge on any atom is 0.258 e. The number of fused-ring (bicyclic) bond motifs is 2. The van der Waals surface area contributed by atoms with Gasteiger partial charge in [-0.05, 0) is 19.9 Å². The first-order valence-electron chi connectivity index (χ1n) is 8.09. The van der Waals surface area contributed by atoms with Crippen LogP contribution in [0.4, 0.5) is 0 Å². The molecule has 0 fully saturated rings. The number of aromatic nitrogens is 4. The number of rotatable bonds is 3. The number of aromatic amines is 2. The molecule has 2 N–H and O–H groups in total. The Balaban J connectivity index is 2.03. The number of nitrogens with one attached hydrogen (secondary N) is 2. The van der Waals surface area contributed by atoms with Crippen molar-refractivity contribution in [2.45, 2.75) is 19.8 Å². The third-order valence-corrected chi connectivity index (χ3v) is 4.52. The molecule has 1 aliphatic heterocycles. The molecule has 26 heavy (non-hydrogen) atoms. The van der Waals surface area contributed by atoms with Crippen molar-refractivity contribution in [2.75, 3.05) is 14.2 Å². The first-order valence-corrected chi connectivity index (χ1v) is 8.09. The quantitative estimate of drug-likeness (QED) is 0.586. The number of hydrogen-bond donors (Lipinski definition) is 2. The van der Waals surface area contributed by atoms with Crippen LogP contribution < -0.4 is 19.8 Å². The fourth-order valence-corrected chi connectivity index (χ4v) is 3.34. The standard InChI is InChI=1S/C18H18N4O4/c1-8-13-14(11-6-5-10(24-3)7-12(11)25-4)15-16(23)19-9(2)20-17(15)26-18(13)22-21-8/h5-7,14H,1-4H3,(H,21,22)(H,19,20,23). The molecule has 0 saturated carbocycles. The van der Waals surface area contributed by atoms with Gasteiger partial charge in [-0.1, -0.05) is 6.07 Å². The third kappa shape index (κ3) is 2.33. The van der Waals surface area contributed by atoms with Gasteiger partial charge in [-0.2, -0.15) is 4.98 Å². The maximum absolute atomic E-state index is 12.8. The van der Waals surface area contributed by atoms with E-state index >= 15 is 0 Å². The van der Waals surface area contributed by atoms with E-state index in [-0.39, 0.29) is 11.4 Å². The van der Waals surface area contributed by atoms with Gasteiger partial charge in [-0.3, -0.25) is 9.89 Å². The van der Waals surface area contributed by atoms with Crippen LogP contribution in [0.25, 0.3) is 0 Å². The van der Waals surface area contributed by atoms with Crippen LogP contribution in [0.1, 0.15) is 34.1 Å². The van der Waals surface area contributed by atoms with Gasteiger partial charge in [0.15, 0.2) is 0 Å². The predicted octanol–water partition coefficient (Wildman–Crippen LogP) is 2.41. The minimum atomic E-state index is -0.426. The normalized spacial score (nSPS) is 15.0. The first kappa shape index (κ1) is 16.2. The molecule has 2 aromatic heterocycles. The Bertz CT molecular complexity index is 1050. The van der Waals surface area contributed by atoms with Crippen LogP contribution in [0.5, 0.6) is 23.3 Å². The summed E-state index contributed by atoms with van der Waals surface area (Å²) in [6.07, 6.45) is 0. The average molecular weight is 354 g/mol. The molecule has 1 aromatic carbocycles. The Hall–Kier alpha value is -3.29. The van der Waals surface area contributed by atoms with Crippen molar-refractivity contribution in [1.82, 2.24) is 20.2 Å². The monoisotopic (exact) mass is 354 g/mol. The van der Waals surface area contributed by atoms with Crippen LogP contribution in [0.3, 0.4) is 0 Å². The molecule has 0 amide bonds. The number of benzene rings is 1. The second-order valence-corrected chi connectivity index (χ2v) is 6.08. The zero-order valence-electron chi connectivity index (χ0n) is 14.8. The van der Waals surface area contributed by atoms with E-state index in [9.17, 15) is 4.79 Å². The largest absolute Gasteiger partial charge is 0.497 e. The van der Waals surface area contributed by atoms with Gasteiger partial charge in [-0.15, -0.1) is 5.10 Å². The van der Waals surface area contributed by atoms with Crippen molar-refractivity contribution in [3.8, 4) is 23.3 Å². The molecule has 134 valence electrons. The van der Waals surface area contributed by atoms with Gasteiger partial charge < -0.3 is 19.2 Å². The van der Waals surface area contributed by atoms with Crippen molar-refractivity contribution in [2.24, 2.45) is 0 Å². The van der Waals surface area contributed by atoms with Crippen LogP contribution in [0.15, 0.2) is 23.0 Å². The lowest BCUT2D eigenvalue weighted by molar-refractivity contribution is 0.386. The summed E-state index contributed by atoms with van der Waals surface area (Å²) in [5.74, 6) is 1.99. The average Bonchev–Trinajstić information content (AvgIpc) is 3.00. The van der Waals surface area contributed by atoms with E-state index in [1.807, 2.05) is 19.1 Å². The summed E-state index contributed by atoms with van der Waals surface area (Å²) in [7, 11) is 3.17. The van der Waals surface area contributed by atoms with Crippen LogP contribution in [0, 0.1) is 13.8 Å². The minimum absolute atomic E-state index is 0.248. The summed E-state index contributed by atoms with van der Waals surface area (Å²) >= 11 is 0. The lowest BCUT2D eigenvalue weighted by Crippen LogP contribution is -2.25. The Morgan fingerprint density at radius 2 is 1.92 bits per heavy atom. The molecule has 0 radical (unpaired) electrons. The molecule has 8 heteroatoms. The summed E-state index contributed by atoms with van der Waals surface area (Å²) in [5.41, 5.74) is 2.59. The van der Waals surface area contributed by atoms with E-state index in [0.29, 0.717) is 28.8 Å². The Morgan fingerprint density at radius 1 is 1.12 bits per heavy atom. The molecule has 4 rings (SSSR count). The van der Waals surface area contributed by atoms with Crippen LogP contribution >= 0.6 is 0 Å². The topological polar surface area (TPSA) is 102 Å². The van der Waals surface area contributed by atoms with E-state index < -0.39 is 5.92 Å². The number of aryl methyl sites for hydroxylation is 2. The van der Waals surface area contributed by atoms with Crippen molar-refractivity contribution in [3.63, 3.8) is 0 Å². The third-order valence-electron chi connectivity index (χ3n) is 4.52. The molecule has 0 saturated heterocycles. The fraction of sp³-hybridized carbons (Fsp3) is 0.278. The lowest BCUT2D eigenvalue weighted by atomic mass is 9.84. The smallest absolute Gasteiger partial charge is 0.258 e. The van der Waals surface area contributed by atoms with Gasteiger partial charge in [0.05, 0.1) is 25.7 Å². The highest BCUT2D eigenvalue weighted by atomic mass is 16.5. The van der Waals surface area contributed by atoms with Crippen molar-refractivity contribution in [3.05, 3.63) is 56.8 Å². The van der Waals surface area contributed by atoms with Gasteiger partial charge in [0.2, 0.25) is 11.8 Å². The second kappa shape index (κ2) is 5.91. The Morgan fingerprint density at radius 3 is 2.65 bits per heavy atom. The number of nitrogens with zero attached hydrogens (tertiary/aromatic N) is 2. The molecule has 1 unspecified atom stereocenters. The molecule has 3 aromatic rings. The maximum atomic E-state index is 12.8. The summed E-state index contributed by atoms with van der Waals surface area (Å²) in [4.78, 5) is 19.9. The molecule has 0 spiro atoms. The Labute approximate surface area is 149 Å². The highest BCUT2D eigenvalue weighted by Crippen LogP contribution is 2.48. The van der Waals surface area contributed by atoms with Crippen molar-refractivity contribution < 1.29 is 14.2 Å². The molecular formula is C18H18N4O4. The molecule has 1 atom stereocenters. The number of ether oxygens (including phenoxy) is 3. The summed E-state index contributed by atoms with van der Waals surface area (Å²) in [6.45, 7) is 3.60. The molecule has 1 aliphatic rings. The zero-order chi connectivity index (χ0) is 18.4. The van der Waals surface area contributed by atoms with Gasteiger partial charge >= 0.3 is 0 Å². The molecule has 0 bridgehead atoms. The number of hydrogen-bond acceptors (Lipinski definition) is 6. The highest BCUT2D eigenvalue weighted by molar-refractivity contribution is 5.59. The Kier molecular flexibility index (Phi) is 3.68. The lowest BCUT2D eigenvalue weighted by Gasteiger charge is -2.26. The van der Waals surface area contributed by atoms with Crippen molar-refractivity contribution in [1.29, 1.82) is 0 Å². The van der Waals surface area contributed by atoms with E-state index in [2.05, 4.69) is 20.2 Å². The molecule has 0 aliphatic carbocycles. The van der Waals surface area contributed by atoms with Gasteiger partial charge in [0, 0.05) is 22.9 Å². The minimum Gasteiger partial charge on any atom is -0.497 e. The van der Waals surface area contributed by atoms with Gasteiger partial charge in [0.1, 0.15) is 17.3 Å².